The fourth-order valence-electron chi connectivity index (χ4n) is 3.90. The van der Waals surface area contributed by atoms with E-state index in [1.54, 1.807) is 4.90 Å². The lowest BCUT2D eigenvalue weighted by Crippen LogP contribution is -2.24. The Hall–Kier alpha value is -2.29. The molecule has 0 aliphatic heterocycles. The molecule has 0 radical (unpaired) electrons. The molecule has 0 saturated heterocycles. The van der Waals surface area contributed by atoms with Gasteiger partial charge in [0.25, 0.3) is 0 Å². The van der Waals surface area contributed by atoms with Crippen LogP contribution in [-0.4, -0.2) is 24.9 Å². The highest BCUT2D eigenvalue weighted by Crippen LogP contribution is 2.37. The smallest absolute Gasteiger partial charge is 0.226 e. The molecule has 0 aromatic heterocycles. The van der Waals surface area contributed by atoms with Crippen molar-refractivity contribution in [2.45, 2.75) is 68.7 Å². The van der Waals surface area contributed by atoms with Crippen molar-refractivity contribution in [2.24, 2.45) is 0 Å². The number of likely N-dealkylation sites (N-methyl/N-ethyl adjacent to an activating group) is 1. The van der Waals surface area contributed by atoms with E-state index in [9.17, 15) is 4.79 Å². The number of nitrogens with zero attached hydrogens (tertiary/aromatic N) is 1. The lowest BCUT2D eigenvalue weighted by Gasteiger charge is -2.26. The molecule has 0 unspecified atom stereocenters. The molecule has 2 rings (SSSR count). The molecule has 2 aromatic rings. The predicted molar refractivity (Wildman–Crippen MR) is 121 cm³/mol. The van der Waals surface area contributed by atoms with Crippen molar-refractivity contribution in [2.75, 3.05) is 19.4 Å². The first-order valence-corrected chi connectivity index (χ1v) is 10.0. The van der Waals surface area contributed by atoms with Crippen molar-refractivity contribution in [3.63, 3.8) is 0 Å². The van der Waals surface area contributed by atoms with Crippen LogP contribution in [0.2, 0.25) is 0 Å². The van der Waals surface area contributed by atoms with Gasteiger partial charge in [0.1, 0.15) is 0 Å². The average Bonchev–Trinajstić information content (AvgIpc) is 2.66. The molecule has 0 fully saturated rings. The Morgan fingerprint density at radius 1 is 0.607 bits per heavy atom. The van der Waals surface area contributed by atoms with Crippen molar-refractivity contribution in [3.8, 4) is 0 Å². The molecule has 0 bridgehead atoms. The Kier molecular flexibility index (Phi) is 6.27. The summed E-state index contributed by atoms with van der Waals surface area (Å²) in [5.74, 6) is 0.124. The monoisotopic (exact) mass is 380 g/mol. The lowest BCUT2D eigenvalue weighted by atomic mass is 9.89. The predicted octanol–water partition coefficient (Wildman–Crippen LogP) is 5.84. The zero-order valence-corrected chi connectivity index (χ0v) is 19.6. The van der Waals surface area contributed by atoms with Gasteiger partial charge in [0, 0.05) is 25.5 Å². The summed E-state index contributed by atoms with van der Waals surface area (Å²) in [7, 11) is 3.64. The van der Waals surface area contributed by atoms with Crippen LogP contribution >= 0.6 is 0 Å². The van der Waals surface area contributed by atoms with Crippen molar-refractivity contribution in [3.05, 3.63) is 55.6 Å². The van der Waals surface area contributed by atoms with Gasteiger partial charge in [-0.25, -0.2) is 0 Å². The van der Waals surface area contributed by atoms with Crippen LogP contribution in [-0.2, 0) is 11.2 Å². The zero-order chi connectivity index (χ0) is 21.5. The van der Waals surface area contributed by atoms with E-state index in [1.807, 2.05) is 14.1 Å². The Balaban J connectivity index is 2.75. The Bertz CT molecular complexity index is 923. The number of anilines is 2. The average molecular weight is 381 g/mol. The van der Waals surface area contributed by atoms with E-state index in [4.69, 9.17) is 0 Å². The number of carbonyl (C=O) groups excluding carboxylic acids is 1. The van der Waals surface area contributed by atoms with Gasteiger partial charge in [-0.2, -0.15) is 0 Å². The molecular weight excluding hydrogens is 344 g/mol. The molecule has 0 atom stereocenters. The highest BCUT2D eigenvalue weighted by Gasteiger charge is 2.21. The van der Waals surface area contributed by atoms with Gasteiger partial charge in [-0.15, -0.1) is 0 Å². The van der Waals surface area contributed by atoms with Crippen molar-refractivity contribution < 1.29 is 4.79 Å². The highest BCUT2D eigenvalue weighted by atomic mass is 16.2. The minimum atomic E-state index is 0.124. The van der Waals surface area contributed by atoms with Crippen LogP contribution in [0.4, 0.5) is 11.4 Å². The summed E-state index contributed by atoms with van der Waals surface area (Å²) in [4.78, 5) is 14.2. The van der Waals surface area contributed by atoms with Crippen LogP contribution in [0.3, 0.4) is 0 Å². The normalized spacial score (nSPS) is 11.0. The van der Waals surface area contributed by atoms with Crippen molar-refractivity contribution >= 4 is 17.3 Å². The Morgan fingerprint density at radius 2 is 0.964 bits per heavy atom. The number of carbonyl (C=O) groups is 1. The molecule has 1 N–H and O–H groups in total. The molecule has 3 heteroatoms. The van der Waals surface area contributed by atoms with Gasteiger partial charge in [0.05, 0.1) is 6.42 Å². The molecule has 3 nitrogen and oxygen atoms in total. The molecule has 0 aliphatic carbocycles. The largest absolute Gasteiger partial charge is 0.355 e. The summed E-state index contributed by atoms with van der Waals surface area (Å²) in [5, 5.41) is 3.77. The van der Waals surface area contributed by atoms with Crippen LogP contribution in [0.15, 0.2) is 0 Å². The summed E-state index contributed by atoms with van der Waals surface area (Å²) in [6.07, 6.45) is 0.408. The molecule has 0 heterocycles. The van der Waals surface area contributed by atoms with E-state index < -0.39 is 0 Å². The Labute approximate surface area is 171 Å². The second-order valence-corrected chi connectivity index (χ2v) is 8.44. The number of nitrogens with one attached hydrogen (secondary N) is 1. The second-order valence-electron chi connectivity index (χ2n) is 8.44. The summed E-state index contributed by atoms with van der Waals surface area (Å²) in [5.41, 5.74) is 14.9. The third-order valence-corrected chi connectivity index (χ3v) is 6.89. The van der Waals surface area contributed by atoms with E-state index >= 15 is 0 Å². The first-order valence-electron chi connectivity index (χ1n) is 10.0. The number of hydrogen-bond donors (Lipinski definition) is 1. The number of rotatable bonds is 4. The van der Waals surface area contributed by atoms with Gasteiger partial charge >= 0.3 is 0 Å². The van der Waals surface area contributed by atoms with Gasteiger partial charge in [-0.1, -0.05) is 0 Å². The molecular formula is C25H36N2O. The fourth-order valence-corrected chi connectivity index (χ4v) is 3.90. The molecule has 1 amide bonds. The summed E-state index contributed by atoms with van der Waals surface area (Å²) < 4.78 is 0. The van der Waals surface area contributed by atoms with Gasteiger partial charge in [0.15, 0.2) is 0 Å². The molecule has 2 aromatic carbocycles. The Morgan fingerprint density at radius 3 is 1.39 bits per heavy atom. The first kappa shape index (κ1) is 22.0. The van der Waals surface area contributed by atoms with E-state index in [-0.39, 0.29) is 5.91 Å². The van der Waals surface area contributed by atoms with Crippen LogP contribution in [0, 0.1) is 62.3 Å². The maximum atomic E-state index is 12.6. The van der Waals surface area contributed by atoms with Gasteiger partial charge < -0.3 is 10.2 Å². The topological polar surface area (TPSA) is 32.3 Å². The number of hydrogen-bond acceptors (Lipinski definition) is 2. The second kappa shape index (κ2) is 7.98. The molecule has 152 valence electrons. The highest BCUT2D eigenvalue weighted by molar-refractivity contribution is 5.84. The zero-order valence-electron chi connectivity index (χ0n) is 19.6. The first-order chi connectivity index (χ1) is 12.9. The maximum absolute atomic E-state index is 12.6. The maximum Gasteiger partial charge on any atom is 0.226 e. The van der Waals surface area contributed by atoms with E-state index in [1.165, 1.54) is 55.8 Å². The SMILES string of the molecule is Cc1c(C)c(C)c(Nc2c(C)c(C)c(C)c(C)c2CC(=O)N(C)C)c(C)c1C. The molecule has 28 heavy (non-hydrogen) atoms. The van der Waals surface area contributed by atoms with Crippen molar-refractivity contribution in [1.29, 1.82) is 0 Å². The molecule has 0 aliphatic rings. The van der Waals surface area contributed by atoms with Crippen LogP contribution < -0.4 is 5.32 Å². The van der Waals surface area contributed by atoms with Crippen LogP contribution in [0.1, 0.15) is 55.6 Å². The summed E-state index contributed by atoms with van der Waals surface area (Å²) >= 11 is 0. The molecule has 0 saturated carbocycles. The van der Waals surface area contributed by atoms with Gasteiger partial charge in [-0.3, -0.25) is 4.79 Å². The summed E-state index contributed by atoms with van der Waals surface area (Å²) in [6, 6.07) is 0. The van der Waals surface area contributed by atoms with E-state index in [2.05, 4.69) is 67.6 Å². The number of benzene rings is 2. The van der Waals surface area contributed by atoms with E-state index in [0.29, 0.717) is 6.42 Å². The fraction of sp³-hybridized carbons (Fsp3) is 0.480. The van der Waals surface area contributed by atoms with E-state index in [0.717, 1.165) is 11.3 Å². The quantitative estimate of drug-likeness (QED) is 0.723. The van der Waals surface area contributed by atoms with Crippen molar-refractivity contribution in [1.82, 2.24) is 4.90 Å². The van der Waals surface area contributed by atoms with Crippen LogP contribution in [0.25, 0.3) is 0 Å². The minimum Gasteiger partial charge on any atom is -0.355 e. The molecule has 0 spiro atoms. The van der Waals surface area contributed by atoms with Gasteiger partial charge in [-0.05, 0) is 118 Å². The number of amides is 1. The van der Waals surface area contributed by atoms with Crippen LogP contribution in [0.5, 0.6) is 0 Å². The third kappa shape index (κ3) is 3.67. The lowest BCUT2D eigenvalue weighted by molar-refractivity contribution is -0.127. The standard InChI is InChI=1S/C25H36N2O/c1-13-15(3)19(7)24(20(8)16(13)4)26-25-21(9)17(5)14(2)18(6)22(25)12-23(28)27(10)11/h26H,12H2,1-11H3. The summed E-state index contributed by atoms with van der Waals surface area (Å²) in [6.45, 7) is 19.6. The van der Waals surface area contributed by atoms with Gasteiger partial charge in [0.2, 0.25) is 5.91 Å². The minimum absolute atomic E-state index is 0.124. The third-order valence-electron chi connectivity index (χ3n) is 6.89.